The highest BCUT2D eigenvalue weighted by Gasteiger charge is 2.27. The average molecular weight is 311 g/mol. The number of nitrogens with zero attached hydrogens (tertiary/aromatic N) is 1. The van der Waals surface area contributed by atoms with Gasteiger partial charge in [0, 0.05) is 37.6 Å². The molecule has 2 N–H and O–H groups in total. The average Bonchev–Trinajstić information content (AvgIpc) is 3.20. The maximum atomic E-state index is 12.7. The van der Waals surface area contributed by atoms with Crippen molar-refractivity contribution in [2.45, 2.75) is 56.5 Å². The van der Waals surface area contributed by atoms with Crippen LogP contribution in [0, 0.1) is 5.92 Å². The summed E-state index contributed by atoms with van der Waals surface area (Å²) in [6, 6.07) is 2.40. The van der Waals surface area contributed by atoms with Crippen LogP contribution in [0.2, 0.25) is 0 Å². The summed E-state index contributed by atoms with van der Waals surface area (Å²) in [5.41, 5.74) is 0.948. The number of nitrogens with one attached hydrogen (secondary N) is 2. The Morgan fingerprint density at radius 3 is 2.86 bits per heavy atom. The van der Waals surface area contributed by atoms with E-state index in [4.69, 9.17) is 0 Å². The molecule has 0 radical (unpaired) electrons. The molecule has 1 aliphatic heterocycles. The smallest absolute Gasteiger partial charge is 0.244 e. The van der Waals surface area contributed by atoms with Crippen molar-refractivity contribution in [1.29, 1.82) is 0 Å². The van der Waals surface area contributed by atoms with Crippen molar-refractivity contribution in [3.8, 4) is 0 Å². The largest absolute Gasteiger partial charge is 0.363 e. The first-order valence-corrected chi connectivity index (χ1v) is 9.40. The van der Waals surface area contributed by atoms with E-state index in [1.54, 1.807) is 16.6 Å². The SMILES string of the molecule is CC1CCCN(S(=O)(=O)c2c[nH]c(CNC3CC3)c2)CC1. The van der Waals surface area contributed by atoms with Gasteiger partial charge in [-0.05, 0) is 44.1 Å². The number of hydrogen-bond acceptors (Lipinski definition) is 3. The highest BCUT2D eigenvalue weighted by atomic mass is 32.2. The molecule has 118 valence electrons. The summed E-state index contributed by atoms with van der Waals surface area (Å²) in [5, 5.41) is 3.39. The lowest BCUT2D eigenvalue weighted by Crippen LogP contribution is -2.31. The molecule has 1 unspecified atom stereocenters. The predicted molar refractivity (Wildman–Crippen MR) is 82.4 cm³/mol. The highest BCUT2D eigenvalue weighted by Crippen LogP contribution is 2.24. The molecule has 0 bridgehead atoms. The fourth-order valence-corrected chi connectivity index (χ4v) is 4.35. The van der Waals surface area contributed by atoms with Crippen molar-refractivity contribution >= 4 is 10.0 Å². The van der Waals surface area contributed by atoms with Gasteiger partial charge >= 0.3 is 0 Å². The monoisotopic (exact) mass is 311 g/mol. The number of rotatable bonds is 5. The molecule has 0 amide bonds. The van der Waals surface area contributed by atoms with Crippen LogP contribution in [0.1, 0.15) is 44.7 Å². The van der Waals surface area contributed by atoms with E-state index in [1.165, 1.54) is 12.8 Å². The molecule has 1 saturated heterocycles. The Morgan fingerprint density at radius 1 is 1.29 bits per heavy atom. The topological polar surface area (TPSA) is 65.2 Å². The van der Waals surface area contributed by atoms with E-state index in [0.717, 1.165) is 31.5 Å². The van der Waals surface area contributed by atoms with E-state index in [-0.39, 0.29) is 0 Å². The Hall–Kier alpha value is -0.850. The minimum Gasteiger partial charge on any atom is -0.363 e. The summed E-state index contributed by atoms with van der Waals surface area (Å²) in [7, 11) is -3.34. The summed E-state index contributed by atoms with van der Waals surface area (Å²) in [4.78, 5) is 3.50. The van der Waals surface area contributed by atoms with Crippen molar-refractivity contribution in [3.05, 3.63) is 18.0 Å². The second-order valence-corrected chi connectivity index (χ2v) is 8.39. The molecule has 1 aromatic rings. The van der Waals surface area contributed by atoms with Gasteiger partial charge in [0.25, 0.3) is 0 Å². The molecule has 0 spiro atoms. The summed E-state index contributed by atoms with van der Waals surface area (Å²) in [6.45, 7) is 4.21. The third-order valence-corrected chi connectivity index (χ3v) is 6.36. The van der Waals surface area contributed by atoms with Crippen LogP contribution in [0.3, 0.4) is 0 Å². The van der Waals surface area contributed by atoms with Gasteiger partial charge in [-0.1, -0.05) is 6.92 Å². The molecule has 1 atom stereocenters. The molecule has 1 aromatic heterocycles. The van der Waals surface area contributed by atoms with Crippen molar-refractivity contribution in [2.75, 3.05) is 13.1 Å². The molecule has 3 rings (SSSR count). The molecule has 6 heteroatoms. The summed E-state index contributed by atoms with van der Waals surface area (Å²) < 4.78 is 27.0. The Labute approximate surface area is 127 Å². The molecule has 1 saturated carbocycles. The zero-order valence-corrected chi connectivity index (χ0v) is 13.5. The number of aromatic nitrogens is 1. The Morgan fingerprint density at radius 2 is 2.10 bits per heavy atom. The standard InChI is InChI=1S/C15H25N3O2S/c1-12-3-2-7-18(8-6-12)21(19,20)15-9-14(17-11-15)10-16-13-4-5-13/h9,11-13,16-17H,2-8,10H2,1H3. The van der Waals surface area contributed by atoms with Crippen LogP contribution in [0.4, 0.5) is 0 Å². The van der Waals surface area contributed by atoms with Gasteiger partial charge in [0.15, 0.2) is 0 Å². The molecular weight excluding hydrogens is 286 g/mol. The minimum atomic E-state index is -3.34. The van der Waals surface area contributed by atoms with Gasteiger partial charge < -0.3 is 10.3 Å². The van der Waals surface area contributed by atoms with Crippen LogP contribution in [0.5, 0.6) is 0 Å². The lowest BCUT2D eigenvalue weighted by molar-refractivity contribution is 0.417. The highest BCUT2D eigenvalue weighted by molar-refractivity contribution is 7.89. The Balaban J connectivity index is 1.68. The van der Waals surface area contributed by atoms with Crippen LogP contribution in [-0.4, -0.2) is 36.8 Å². The lowest BCUT2D eigenvalue weighted by Gasteiger charge is -2.19. The maximum absolute atomic E-state index is 12.7. The van der Waals surface area contributed by atoms with Gasteiger partial charge in [-0.25, -0.2) is 8.42 Å². The van der Waals surface area contributed by atoms with E-state index in [1.807, 2.05) is 0 Å². The third kappa shape index (κ3) is 3.67. The molecule has 0 aromatic carbocycles. The molecule has 5 nitrogen and oxygen atoms in total. The molecule has 2 heterocycles. The van der Waals surface area contributed by atoms with E-state index < -0.39 is 10.0 Å². The van der Waals surface area contributed by atoms with Crippen molar-refractivity contribution in [3.63, 3.8) is 0 Å². The molecule has 2 aliphatic rings. The number of sulfonamides is 1. The quantitative estimate of drug-likeness (QED) is 0.875. The normalized spacial score (nSPS) is 24.9. The van der Waals surface area contributed by atoms with Crippen LogP contribution >= 0.6 is 0 Å². The van der Waals surface area contributed by atoms with Gasteiger partial charge in [0.1, 0.15) is 0 Å². The van der Waals surface area contributed by atoms with Crippen molar-refractivity contribution in [2.24, 2.45) is 5.92 Å². The summed E-state index contributed by atoms with van der Waals surface area (Å²) >= 11 is 0. The van der Waals surface area contributed by atoms with E-state index in [9.17, 15) is 8.42 Å². The van der Waals surface area contributed by atoms with Crippen LogP contribution in [-0.2, 0) is 16.6 Å². The fraction of sp³-hybridized carbons (Fsp3) is 0.733. The zero-order chi connectivity index (χ0) is 14.9. The first-order chi connectivity index (χ1) is 10.1. The van der Waals surface area contributed by atoms with Gasteiger partial charge in [0.05, 0.1) is 4.90 Å². The first kappa shape index (κ1) is 15.1. The number of hydrogen-bond donors (Lipinski definition) is 2. The summed E-state index contributed by atoms with van der Waals surface area (Å²) in [5.74, 6) is 0.620. The van der Waals surface area contributed by atoms with Crippen molar-refractivity contribution in [1.82, 2.24) is 14.6 Å². The van der Waals surface area contributed by atoms with E-state index in [2.05, 4.69) is 17.2 Å². The summed E-state index contributed by atoms with van der Waals surface area (Å²) in [6.07, 6.45) is 7.14. The second kappa shape index (κ2) is 6.10. The van der Waals surface area contributed by atoms with Gasteiger partial charge in [-0.2, -0.15) is 4.31 Å². The van der Waals surface area contributed by atoms with E-state index >= 15 is 0 Å². The fourth-order valence-electron chi connectivity index (χ4n) is 2.84. The Bertz CT molecular complexity index is 577. The zero-order valence-electron chi connectivity index (χ0n) is 12.6. The first-order valence-electron chi connectivity index (χ1n) is 7.96. The van der Waals surface area contributed by atoms with Gasteiger partial charge in [-0.15, -0.1) is 0 Å². The van der Waals surface area contributed by atoms with Gasteiger partial charge in [-0.3, -0.25) is 0 Å². The van der Waals surface area contributed by atoms with Gasteiger partial charge in [0.2, 0.25) is 10.0 Å². The number of H-pyrrole nitrogens is 1. The molecular formula is C15H25N3O2S. The number of aromatic amines is 1. The minimum absolute atomic E-state index is 0.407. The lowest BCUT2D eigenvalue weighted by atomic mass is 10.0. The Kier molecular flexibility index (Phi) is 4.38. The van der Waals surface area contributed by atoms with Crippen LogP contribution in [0.15, 0.2) is 17.2 Å². The molecule has 21 heavy (non-hydrogen) atoms. The van der Waals surface area contributed by atoms with Crippen LogP contribution < -0.4 is 5.32 Å². The van der Waals surface area contributed by atoms with E-state index in [0.29, 0.717) is 29.9 Å². The van der Waals surface area contributed by atoms with Crippen LogP contribution in [0.25, 0.3) is 0 Å². The second-order valence-electron chi connectivity index (χ2n) is 6.46. The molecule has 1 aliphatic carbocycles. The third-order valence-electron chi connectivity index (χ3n) is 4.49. The molecule has 2 fully saturated rings. The predicted octanol–water partition coefficient (Wildman–Crippen LogP) is 2.08. The maximum Gasteiger partial charge on any atom is 0.244 e. The van der Waals surface area contributed by atoms with Crippen molar-refractivity contribution < 1.29 is 8.42 Å².